The maximum absolute atomic E-state index is 11.8. The van der Waals surface area contributed by atoms with Crippen molar-refractivity contribution in [2.24, 2.45) is 0 Å². The van der Waals surface area contributed by atoms with Crippen molar-refractivity contribution in [3.63, 3.8) is 0 Å². The van der Waals surface area contributed by atoms with Gasteiger partial charge < -0.3 is 14.3 Å². The highest BCUT2D eigenvalue weighted by atomic mass is 32.2. The van der Waals surface area contributed by atoms with Crippen LogP contribution in [0.15, 0.2) is 30.3 Å². The van der Waals surface area contributed by atoms with Crippen LogP contribution in [0, 0.1) is 0 Å². The Morgan fingerprint density at radius 2 is 1.62 bits per heavy atom. The van der Waals surface area contributed by atoms with E-state index in [1.807, 2.05) is 0 Å². The molecule has 0 saturated carbocycles. The van der Waals surface area contributed by atoms with E-state index in [0.717, 1.165) is 0 Å². The molecule has 0 fully saturated rings. The van der Waals surface area contributed by atoms with E-state index in [0.29, 0.717) is 17.3 Å². The summed E-state index contributed by atoms with van der Waals surface area (Å²) >= 11 is 0.697. The molecule has 1 rings (SSSR count). The van der Waals surface area contributed by atoms with Gasteiger partial charge in [-0.2, -0.15) is 0 Å². The van der Waals surface area contributed by atoms with Gasteiger partial charge in [0.05, 0.1) is 10.8 Å². The third kappa shape index (κ3) is 7.41. The van der Waals surface area contributed by atoms with Crippen LogP contribution in [0.4, 0.5) is 4.79 Å². The van der Waals surface area contributed by atoms with Crippen molar-refractivity contribution in [3.05, 3.63) is 35.9 Å². The predicted octanol–water partition coefficient (Wildman–Crippen LogP) is 3.39. The van der Waals surface area contributed by atoms with Gasteiger partial charge in [-0.15, -0.1) is 0 Å². The summed E-state index contributed by atoms with van der Waals surface area (Å²) < 4.78 is 9.95. The fraction of sp³-hybridized carbons (Fsp3) is 0.412. The summed E-state index contributed by atoms with van der Waals surface area (Å²) in [5.74, 6) is -0.892. The number of rotatable bonds is 8. The Morgan fingerprint density at radius 1 is 1.00 bits per heavy atom. The molecule has 0 aromatic heterocycles. The normalized spacial score (nSPS) is 12.8. The van der Waals surface area contributed by atoms with Crippen LogP contribution in [0.5, 0.6) is 0 Å². The van der Waals surface area contributed by atoms with E-state index in [2.05, 4.69) is 0 Å². The van der Waals surface area contributed by atoms with Crippen molar-refractivity contribution in [1.29, 1.82) is 0 Å². The molecule has 130 valence electrons. The molecule has 0 aliphatic carbocycles. The molecule has 0 aliphatic heterocycles. The summed E-state index contributed by atoms with van der Waals surface area (Å²) in [7, 11) is 0. The fourth-order valence-electron chi connectivity index (χ4n) is 1.69. The molecule has 0 amide bonds. The van der Waals surface area contributed by atoms with E-state index in [1.165, 1.54) is 13.8 Å². The summed E-state index contributed by atoms with van der Waals surface area (Å²) in [4.78, 5) is 46.2. The average Bonchev–Trinajstić information content (AvgIpc) is 2.52. The lowest BCUT2D eigenvalue weighted by Crippen LogP contribution is -2.22. The first-order valence-corrected chi connectivity index (χ1v) is 8.33. The zero-order chi connectivity index (χ0) is 18.1. The van der Waals surface area contributed by atoms with Gasteiger partial charge in [-0.05, 0) is 37.7 Å². The molecule has 7 heteroatoms. The number of ether oxygens (including phenoxy) is 2. The molecule has 6 nitrogen and oxygen atoms in total. The Kier molecular flexibility index (Phi) is 8.18. The lowest BCUT2D eigenvalue weighted by atomic mass is 10.1. The highest BCUT2D eigenvalue weighted by molar-refractivity contribution is 8.14. The van der Waals surface area contributed by atoms with Gasteiger partial charge in [-0.3, -0.25) is 4.79 Å². The van der Waals surface area contributed by atoms with Crippen LogP contribution in [0.1, 0.15) is 44.0 Å². The van der Waals surface area contributed by atoms with Gasteiger partial charge in [-0.1, -0.05) is 18.2 Å². The van der Waals surface area contributed by atoms with E-state index in [4.69, 9.17) is 9.47 Å². The van der Waals surface area contributed by atoms with Crippen molar-refractivity contribution >= 4 is 34.6 Å². The zero-order valence-electron chi connectivity index (χ0n) is 13.8. The molecule has 1 unspecified atom stereocenters. The monoisotopic (exact) mass is 352 g/mol. The number of hydrogen-bond acceptors (Lipinski definition) is 7. The second-order valence-electron chi connectivity index (χ2n) is 5.14. The maximum atomic E-state index is 11.8. The summed E-state index contributed by atoms with van der Waals surface area (Å²) in [6.45, 7) is 4.39. The third-order valence-electron chi connectivity index (χ3n) is 2.99. The minimum Gasteiger partial charge on any atom is -0.422 e. The van der Waals surface area contributed by atoms with Gasteiger partial charge in [0.25, 0.3) is 0 Å². The summed E-state index contributed by atoms with van der Waals surface area (Å²) in [5, 5.41) is -1.35. The molecule has 0 radical (unpaired) electrons. The summed E-state index contributed by atoms with van der Waals surface area (Å²) in [5.41, 5.74) is 0.348. The number of thioether (sulfide) groups is 1. The van der Waals surface area contributed by atoms with Crippen LogP contribution in [0.25, 0.3) is 0 Å². The number of carbonyl (C=O) groups is 4. The molecule has 0 N–H and O–H groups in total. The van der Waals surface area contributed by atoms with E-state index >= 15 is 0 Å². The summed E-state index contributed by atoms with van der Waals surface area (Å²) in [6.07, 6.45) is -0.823. The molecule has 0 aliphatic rings. The topological polar surface area (TPSA) is 86.7 Å². The standard InChI is InChI=1S/C17H20O6S/c1-11(18)9-10-15(19)12(2)24-17(21)23-13(3)22-16(20)14-7-5-4-6-8-14/h4-8,12-13H,9-10H2,1-3H3/t12?,13-/m0/s1. The Morgan fingerprint density at radius 3 is 2.21 bits per heavy atom. The minimum absolute atomic E-state index is 0.0791. The number of benzene rings is 1. The van der Waals surface area contributed by atoms with Gasteiger partial charge in [0.1, 0.15) is 11.6 Å². The molecule has 0 bridgehead atoms. The Hall–Kier alpha value is -2.15. The van der Waals surface area contributed by atoms with E-state index in [1.54, 1.807) is 37.3 Å². The predicted molar refractivity (Wildman–Crippen MR) is 89.8 cm³/mol. The van der Waals surface area contributed by atoms with Crippen molar-refractivity contribution in [1.82, 2.24) is 0 Å². The highest BCUT2D eigenvalue weighted by Gasteiger charge is 2.22. The largest absolute Gasteiger partial charge is 0.422 e. The van der Waals surface area contributed by atoms with Crippen LogP contribution in [0.3, 0.4) is 0 Å². The van der Waals surface area contributed by atoms with Crippen molar-refractivity contribution in [2.45, 2.75) is 45.2 Å². The SMILES string of the molecule is CC(=O)CCC(=O)C(C)SC(=O)O[C@@H](C)OC(=O)c1ccccc1. The second-order valence-corrected chi connectivity index (χ2v) is 6.41. The van der Waals surface area contributed by atoms with E-state index in [-0.39, 0.29) is 24.4 Å². The molecule has 1 aromatic carbocycles. The highest BCUT2D eigenvalue weighted by Crippen LogP contribution is 2.18. The van der Waals surface area contributed by atoms with Crippen LogP contribution < -0.4 is 0 Å². The van der Waals surface area contributed by atoms with Gasteiger partial charge in [0.2, 0.25) is 6.29 Å². The molecule has 24 heavy (non-hydrogen) atoms. The fourth-order valence-corrected chi connectivity index (χ4v) is 2.42. The Labute approximate surface area is 144 Å². The number of Topliss-reactive ketones (excluding diaryl/α,β-unsaturated/α-hetero) is 2. The van der Waals surface area contributed by atoms with Gasteiger partial charge in [-0.25, -0.2) is 9.59 Å². The number of ketones is 2. The maximum Gasteiger partial charge on any atom is 0.371 e. The van der Waals surface area contributed by atoms with E-state index in [9.17, 15) is 19.2 Å². The first-order valence-electron chi connectivity index (χ1n) is 7.45. The first kappa shape index (κ1) is 19.9. The Bertz CT molecular complexity index is 598. The molecule has 1 aromatic rings. The number of carbonyl (C=O) groups excluding carboxylic acids is 4. The van der Waals surface area contributed by atoms with E-state index < -0.39 is 22.8 Å². The van der Waals surface area contributed by atoms with Gasteiger partial charge >= 0.3 is 11.3 Å². The molecular formula is C17H20O6S. The molecule has 2 atom stereocenters. The molecule has 0 spiro atoms. The summed E-state index contributed by atoms with van der Waals surface area (Å²) in [6, 6.07) is 8.32. The minimum atomic E-state index is -1.07. The lowest BCUT2D eigenvalue weighted by molar-refractivity contribution is -0.122. The number of esters is 1. The van der Waals surface area contributed by atoms with Gasteiger partial charge in [0.15, 0.2) is 0 Å². The molecule has 0 saturated heterocycles. The van der Waals surface area contributed by atoms with Gasteiger partial charge in [0, 0.05) is 19.8 Å². The van der Waals surface area contributed by atoms with Crippen LogP contribution >= 0.6 is 11.8 Å². The first-order chi connectivity index (χ1) is 11.3. The zero-order valence-corrected chi connectivity index (χ0v) is 14.6. The smallest absolute Gasteiger partial charge is 0.371 e. The van der Waals surface area contributed by atoms with Crippen molar-refractivity contribution < 1.29 is 28.7 Å². The number of hydrogen-bond donors (Lipinski definition) is 0. The second kappa shape index (κ2) is 9.87. The Balaban J connectivity index is 2.39. The van der Waals surface area contributed by atoms with Crippen LogP contribution in [-0.2, 0) is 19.1 Å². The quantitative estimate of drug-likeness (QED) is 0.523. The van der Waals surface area contributed by atoms with Crippen LogP contribution in [0.2, 0.25) is 0 Å². The molecular weight excluding hydrogens is 332 g/mol. The lowest BCUT2D eigenvalue weighted by Gasteiger charge is -2.15. The van der Waals surface area contributed by atoms with Crippen molar-refractivity contribution in [3.8, 4) is 0 Å². The third-order valence-corrected chi connectivity index (χ3v) is 3.90. The molecule has 0 heterocycles. The van der Waals surface area contributed by atoms with Crippen LogP contribution in [-0.4, -0.2) is 34.4 Å². The van der Waals surface area contributed by atoms with Crippen molar-refractivity contribution in [2.75, 3.05) is 0 Å². The average molecular weight is 352 g/mol.